The molecule has 0 amide bonds. The van der Waals surface area contributed by atoms with E-state index in [1.165, 1.54) is 27.8 Å². The van der Waals surface area contributed by atoms with E-state index in [1.54, 1.807) is 0 Å². The lowest BCUT2D eigenvalue weighted by Crippen LogP contribution is -2.20. The Labute approximate surface area is 236 Å². The SMILES string of the molecule is C=C(/C=C1/Cc2cc(-c3ccccc3)cc(S(N)(F)C(C)CC)c2C1)CC.C=CC=C1Cc2ccccc2C1. The molecule has 0 heterocycles. The topological polar surface area (TPSA) is 26.0 Å². The van der Waals surface area contributed by atoms with Crippen LogP contribution in [0.15, 0.2) is 120 Å². The van der Waals surface area contributed by atoms with E-state index in [0.29, 0.717) is 0 Å². The number of nitrogens with two attached hydrogens (primary N) is 1. The van der Waals surface area contributed by atoms with Gasteiger partial charge in [0.15, 0.2) is 0 Å². The van der Waals surface area contributed by atoms with Gasteiger partial charge in [-0.15, -0.1) is 0 Å². The predicted octanol–water partition coefficient (Wildman–Crippen LogP) is 9.96. The van der Waals surface area contributed by atoms with Crippen LogP contribution in [-0.2, 0) is 25.7 Å². The summed E-state index contributed by atoms with van der Waals surface area (Å²) in [7, 11) is -2.85. The van der Waals surface area contributed by atoms with Crippen molar-refractivity contribution in [3.63, 3.8) is 0 Å². The molecule has 3 heteroatoms. The van der Waals surface area contributed by atoms with Crippen LogP contribution in [0.5, 0.6) is 0 Å². The van der Waals surface area contributed by atoms with Gasteiger partial charge < -0.3 is 0 Å². The van der Waals surface area contributed by atoms with Crippen molar-refractivity contribution < 1.29 is 3.89 Å². The Morgan fingerprint density at radius 1 is 0.897 bits per heavy atom. The van der Waals surface area contributed by atoms with E-state index in [9.17, 15) is 0 Å². The Bertz CT molecular complexity index is 1370. The first kappa shape index (κ1) is 28.9. The third-order valence-electron chi connectivity index (χ3n) is 7.90. The molecular formula is C36H42FNS. The minimum absolute atomic E-state index is 0.161. The van der Waals surface area contributed by atoms with E-state index in [0.717, 1.165) is 65.7 Å². The lowest BCUT2D eigenvalue weighted by Gasteiger charge is -2.34. The molecular weight excluding hydrogens is 497 g/mol. The van der Waals surface area contributed by atoms with E-state index in [1.807, 2.05) is 44.2 Å². The molecule has 1 nitrogen and oxygen atoms in total. The smallest absolute Gasteiger partial charge is 0.0354 e. The highest BCUT2D eigenvalue weighted by molar-refractivity contribution is 8.28. The van der Waals surface area contributed by atoms with Gasteiger partial charge in [-0.3, -0.25) is 5.14 Å². The molecule has 39 heavy (non-hydrogen) atoms. The Hall–Kier alpha value is -3.14. The first-order valence-electron chi connectivity index (χ1n) is 14.0. The Kier molecular flexibility index (Phi) is 9.48. The average Bonchev–Trinajstić information content (AvgIpc) is 3.55. The number of rotatable bonds is 7. The summed E-state index contributed by atoms with van der Waals surface area (Å²) in [6.45, 7) is 13.9. The molecule has 0 aromatic heterocycles. The molecule has 0 bridgehead atoms. The van der Waals surface area contributed by atoms with Gasteiger partial charge in [0.1, 0.15) is 0 Å². The van der Waals surface area contributed by atoms with E-state index in [-0.39, 0.29) is 5.25 Å². The molecule has 2 N–H and O–H groups in total. The van der Waals surface area contributed by atoms with Crippen molar-refractivity contribution in [2.45, 2.75) is 69.4 Å². The van der Waals surface area contributed by atoms with Crippen LogP contribution in [0.3, 0.4) is 0 Å². The predicted molar refractivity (Wildman–Crippen MR) is 170 cm³/mol. The van der Waals surface area contributed by atoms with Crippen molar-refractivity contribution in [1.29, 1.82) is 0 Å². The molecule has 0 aliphatic heterocycles. The highest BCUT2D eigenvalue weighted by Crippen LogP contribution is 2.59. The minimum Gasteiger partial charge on any atom is -0.267 e. The average molecular weight is 540 g/mol. The van der Waals surface area contributed by atoms with Gasteiger partial charge in [0.25, 0.3) is 0 Å². The molecule has 3 aromatic carbocycles. The van der Waals surface area contributed by atoms with Gasteiger partial charge in [0, 0.05) is 10.1 Å². The summed E-state index contributed by atoms with van der Waals surface area (Å²) < 4.78 is 15.8. The van der Waals surface area contributed by atoms with Crippen LogP contribution in [0.4, 0.5) is 3.89 Å². The van der Waals surface area contributed by atoms with E-state index >= 15 is 3.89 Å². The maximum atomic E-state index is 15.8. The second-order valence-electron chi connectivity index (χ2n) is 10.7. The third kappa shape index (κ3) is 6.72. The molecule has 0 spiro atoms. The molecule has 5 rings (SSSR count). The number of benzene rings is 3. The Morgan fingerprint density at radius 3 is 2.10 bits per heavy atom. The zero-order chi connectivity index (χ0) is 28.0. The van der Waals surface area contributed by atoms with Gasteiger partial charge in [0.2, 0.25) is 0 Å². The van der Waals surface area contributed by atoms with Crippen molar-refractivity contribution in [2.24, 2.45) is 5.14 Å². The number of halogens is 1. The van der Waals surface area contributed by atoms with Crippen LogP contribution < -0.4 is 5.14 Å². The van der Waals surface area contributed by atoms with Crippen molar-refractivity contribution in [1.82, 2.24) is 0 Å². The quantitative estimate of drug-likeness (QED) is 0.318. The zero-order valence-electron chi connectivity index (χ0n) is 23.7. The molecule has 2 aliphatic rings. The van der Waals surface area contributed by atoms with Crippen LogP contribution in [0, 0.1) is 0 Å². The molecule has 0 fully saturated rings. The summed E-state index contributed by atoms with van der Waals surface area (Å²) in [6, 6.07) is 23.0. The lowest BCUT2D eigenvalue weighted by atomic mass is 10.0. The molecule has 3 aromatic rings. The molecule has 2 aliphatic carbocycles. The van der Waals surface area contributed by atoms with Crippen molar-refractivity contribution in [2.75, 3.05) is 0 Å². The van der Waals surface area contributed by atoms with Gasteiger partial charge in [-0.1, -0.05) is 130 Å². The number of fused-ring (bicyclic) bond motifs is 2. The van der Waals surface area contributed by atoms with Crippen LogP contribution >= 0.6 is 10.6 Å². The molecule has 2 unspecified atom stereocenters. The fourth-order valence-electron chi connectivity index (χ4n) is 5.36. The zero-order valence-corrected chi connectivity index (χ0v) is 24.5. The number of hydrogen-bond donors (Lipinski definition) is 1. The summed E-state index contributed by atoms with van der Waals surface area (Å²) >= 11 is 0. The molecule has 0 saturated carbocycles. The van der Waals surface area contributed by atoms with Crippen molar-refractivity contribution >= 4 is 10.6 Å². The maximum absolute atomic E-state index is 15.8. The summed E-state index contributed by atoms with van der Waals surface area (Å²) in [6.07, 6.45) is 11.7. The first-order valence-corrected chi connectivity index (χ1v) is 15.7. The Balaban J connectivity index is 0.000000243. The monoisotopic (exact) mass is 539 g/mol. The maximum Gasteiger partial charge on any atom is 0.0354 e. The van der Waals surface area contributed by atoms with Gasteiger partial charge in [-0.2, -0.15) is 3.89 Å². The molecule has 0 saturated heterocycles. The van der Waals surface area contributed by atoms with Crippen LogP contribution in [0.1, 0.15) is 55.9 Å². The van der Waals surface area contributed by atoms with Gasteiger partial charge >= 0.3 is 0 Å². The van der Waals surface area contributed by atoms with E-state index in [4.69, 9.17) is 5.14 Å². The van der Waals surface area contributed by atoms with Crippen LogP contribution in [0.2, 0.25) is 0 Å². The van der Waals surface area contributed by atoms with Crippen LogP contribution in [-0.4, -0.2) is 5.25 Å². The van der Waals surface area contributed by atoms with Crippen molar-refractivity contribution in [3.8, 4) is 11.1 Å². The second-order valence-corrected chi connectivity index (χ2v) is 13.2. The summed E-state index contributed by atoms with van der Waals surface area (Å²) in [4.78, 5) is 0.735. The summed E-state index contributed by atoms with van der Waals surface area (Å²) in [5.74, 6) is 0. The molecule has 204 valence electrons. The highest BCUT2D eigenvalue weighted by Gasteiger charge is 2.33. The largest absolute Gasteiger partial charge is 0.267 e. The van der Waals surface area contributed by atoms with Gasteiger partial charge in [-0.05, 0) is 88.6 Å². The second kappa shape index (κ2) is 12.8. The fourth-order valence-corrected chi connectivity index (χ4v) is 7.17. The fraction of sp³-hybridized carbons (Fsp3) is 0.278. The number of allylic oxidation sites excluding steroid dienone is 6. The third-order valence-corrected chi connectivity index (χ3v) is 10.4. The summed E-state index contributed by atoms with van der Waals surface area (Å²) in [5.41, 5.74) is 11.3. The molecule has 0 radical (unpaired) electrons. The number of hydrogen-bond acceptors (Lipinski definition) is 1. The minimum atomic E-state index is -2.85. The van der Waals surface area contributed by atoms with Crippen molar-refractivity contribution in [3.05, 3.63) is 137 Å². The van der Waals surface area contributed by atoms with E-state index in [2.05, 4.69) is 74.7 Å². The lowest BCUT2D eigenvalue weighted by molar-refractivity contribution is 0.791. The summed E-state index contributed by atoms with van der Waals surface area (Å²) in [5, 5.41) is 6.20. The van der Waals surface area contributed by atoms with Gasteiger partial charge in [0.05, 0.1) is 0 Å². The standard InChI is InChI=1S/C24H30FNS.C12H12/c1-5-17(3)12-19-13-22-15-21(20-10-8-7-9-11-20)16-24(23(22)14-19)27(25,26)18(4)6-2;1-2-5-10-8-11-6-3-4-7-12(11)9-10/h7-12,15-16,18H,3,5-6,13-14,26H2,1-2,4H3;2-7H,1,8-9H2/b19-12-;. The van der Waals surface area contributed by atoms with Crippen LogP contribution in [0.25, 0.3) is 11.1 Å². The van der Waals surface area contributed by atoms with E-state index < -0.39 is 10.6 Å². The normalized spacial score (nSPS) is 17.8. The molecule has 2 atom stereocenters. The first-order chi connectivity index (χ1) is 18.8. The highest BCUT2D eigenvalue weighted by atomic mass is 32.3. The Morgan fingerprint density at radius 2 is 1.51 bits per heavy atom. The van der Waals surface area contributed by atoms with Gasteiger partial charge in [-0.25, -0.2) is 0 Å².